The van der Waals surface area contributed by atoms with Gasteiger partial charge in [0.05, 0.1) is 13.3 Å². The van der Waals surface area contributed by atoms with E-state index in [2.05, 4.69) is 91.0 Å². The normalized spacial score (nSPS) is 11.4. The number of hydrogen-bond donors (Lipinski definition) is 0. The number of methoxy groups -OCH3 is 1. The van der Waals surface area contributed by atoms with Crippen molar-refractivity contribution in [3.63, 3.8) is 0 Å². The van der Waals surface area contributed by atoms with Crippen molar-refractivity contribution in [2.24, 2.45) is 0 Å². The maximum Gasteiger partial charge on any atom is 0.673 e. The van der Waals surface area contributed by atoms with E-state index >= 15 is 0 Å². The number of benzene rings is 3. The zero-order valence-corrected chi connectivity index (χ0v) is 22.3. The SMILES string of the molecule is COC(=O)CCCCCCCCC[P+](c1ccccc1)(c1ccccc1)c1ccccc1.F[B-](F)(F)F. The second kappa shape index (κ2) is 16.2. The lowest BCUT2D eigenvalue weighted by molar-refractivity contribution is -0.140. The van der Waals surface area contributed by atoms with Crippen LogP contribution in [0.2, 0.25) is 0 Å². The first-order valence-electron chi connectivity index (χ1n) is 12.8. The zero-order chi connectivity index (χ0) is 27.0. The number of hydrogen-bond acceptors (Lipinski definition) is 2. The van der Waals surface area contributed by atoms with E-state index in [9.17, 15) is 22.1 Å². The molecule has 0 heterocycles. The van der Waals surface area contributed by atoms with Gasteiger partial charge in [-0.2, -0.15) is 0 Å². The Morgan fingerprint density at radius 2 is 0.946 bits per heavy atom. The highest BCUT2D eigenvalue weighted by molar-refractivity contribution is 7.95. The predicted octanol–water partition coefficient (Wildman–Crippen LogP) is 7.57. The third kappa shape index (κ3) is 11.1. The van der Waals surface area contributed by atoms with E-state index in [4.69, 9.17) is 4.74 Å². The highest BCUT2D eigenvalue weighted by Gasteiger charge is 2.44. The topological polar surface area (TPSA) is 26.3 Å². The van der Waals surface area contributed by atoms with Gasteiger partial charge in [-0.3, -0.25) is 4.79 Å². The largest absolute Gasteiger partial charge is 0.673 e. The Bertz CT molecular complexity index is 916. The summed E-state index contributed by atoms with van der Waals surface area (Å²) in [4.78, 5) is 11.2. The van der Waals surface area contributed by atoms with Crippen molar-refractivity contribution in [2.75, 3.05) is 13.3 Å². The van der Waals surface area contributed by atoms with E-state index in [1.807, 2.05) is 0 Å². The van der Waals surface area contributed by atoms with Crippen LogP contribution in [-0.4, -0.2) is 26.5 Å². The Labute approximate surface area is 218 Å². The molecule has 0 aliphatic carbocycles. The van der Waals surface area contributed by atoms with Gasteiger partial charge in [-0.25, -0.2) is 0 Å². The number of esters is 1. The summed E-state index contributed by atoms with van der Waals surface area (Å²) in [5.41, 5.74) is 0. The van der Waals surface area contributed by atoms with Gasteiger partial charge in [0.15, 0.2) is 0 Å². The van der Waals surface area contributed by atoms with Crippen molar-refractivity contribution >= 4 is 36.4 Å². The number of carbonyl (C=O) groups excluding carboxylic acids is 1. The molecule has 37 heavy (non-hydrogen) atoms. The molecule has 0 aromatic heterocycles. The molecule has 0 aliphatic heterocycles. The van der Waals surface area contributed by atoms with Crippen LogP contribution in [0, 0.1) is 0 Å². The van der Waals surface area contributed by atoms with Crippen LogP contribution < -0.4 is 15.9 Å². The van der Waals surface area contributed by atoms with Crippen LogP contribution >= 0.6 is 7.26 Å². The standard InChI is InChI=1S/C29H36O2P.BF4/c1-31-29(30)24-16-5-3-2-4-6-17-25-32(26-18-10-7-11-19-26,27-20-12-8-13-21-27)28-22-14-9-15-23-28;2-1(3,4)5/h7-15,18-23H,2-6,16-17,24-25H2,1H3;/q+1;-1. The molecule has 0 unspecified atom stereocenters. The fourth-order valence-corrected chi connectivity index (χ4v) is 8.90. The van der Waals surface area contributed by atoms with Gasteiger partial charge >= 0.3 is 13.2 Å². The van der Waals surface area contributed by atoms with E-state index in [1.165, 1.54) is 61.3 Å². The molecule has 8 heteroatoms. The third-order valence-electron chi connectivity index (χ3n) is 6.19. The van der Waals surface area contributed by atoms with Crippen LogP contribution in [0.4, 0.5) is 17.3 Å². The molecule has 3 aromatic carbocycles. The van der Waals surface area contributed by atoms with E-state index in [0.29, 0.717) is 6.42 Å². The lowest BCUT2D eigenvalue weighted by atomic mass is 10.1. The van der Waals surface area contributed by atoms with Gasteiger partial charge in [0.1, 0.15) is 23.2 Å². The zero-order valence-electron chi connectivity index (χ0n) is 21.4. The Balaban J connectivity index is 0.000000877. The molecule has 0 atom stereocenters. The minimum Gasteiger partial charge on any atom is -0.469 e. The van der Waals surface area contributed by atoms with Crippen LogP contribution in [0.1, 0.15) is 51.4 Å². The molecular formula is C29H36BF4O2P. The number of ether oxygens (including phenoxy) is 1. The highest BCUT2D eigenvalue weighted by Crippen LogP contribution is 2.56. The maximum atomic E-state index is 11.2. The fraction of sp³-hybridized carbons (Fsp3) is 0.345. The van der Waals surface area contributed by atoms with Crippen LogP contribution in [0.5, 0.6) is 0 Å². The molecule has 0 radical (unpaired) electrons. The summed E-state index contributed by atoms with van der Waals surface area (Å²) in [5.74, 6) is -0.0898. The van der Waals surface area contributed by atoms with Crippen molar-refractivity contribution in [3.8, 4) is 0 Å². The number of carbonyl (C=O) groups is 1. The molecular weight excluding hydrogens is 498 g/mol. The maximum absolute atomic E-state index is 11.2. The highest BCUT2D eigenvalue weighted by atomic mass is 31.2. The lowest BCUT2D eigenvalue weighted by Crippen LogP contribution is -2.33. The summed E-state index contributed by atoms with van der Waals surface area (Å²) in [6.07, 6.45) is 10.0. The Morgan fingerprint density at radius 1 is 0.622 bits per heavy atom. The number of unbranched alkanes of at least 4 members (excludes halogenated alkanes) is 6. The summed E-state index contributed by atoms with van der Waals surface area (Å²) in [7, 11) is -6.22. The molecule has 0 N–H and O–H groups in total. The number of halogens is 4. The third-order valence-corrected chi connectivity index (χ3v) is 10.7. The van der Waals surface area contributed by atoms with Crippen molar-refractivity contribution < 1.29 is 26.8 Å². The molecule has 3 aromatic rings. The fourth-order valence-electron chi connectivity index (χ4n) is 4.49. The van der Waals surface area contributed by atoms with E-state index < -0.39 is 14.5 Å². The lowest BCUT2D eigenvalue weighted by Gasteiger charge is -2.27. The van der Waals surface area contributed by atoms with Gasteiger partial charge in [-0.15, -0.1) is 0 Å². The minimum absolute atomic E-state index is 0.0898. The summed E-state index contributed by atoms with van der Waals surface area (Å²) in [6, 6.07) is 33.4. The minimum atomic E-state index is -6.00. The van der Waals surface area contributed by atoms with Gasteiger partial charge in [-0.1, -0.05) is 80.3 Å². The summed E-state index contributed by atoms with van der Waals surface area (Å²) in [6.45, 7) is 0. The second-order valence-corrected chi connectivity index (χ2v) is 12.5. The molecule has 0 amide bonds. The molecule has 0 saturated carbocycles. The first-order valence-corrected chi connectivity index (χ1v) is 14.7. The molecule has 200 valence electrons. The molecule has 0 saturated heterocycles. The van der Waals surface area contributed by atoms with Gasteiger partial charge in [0, 0.05) is 6.42 Å². The first-order chi connectivity index (χ1) is 17.8. The van der Waals surface area contributed by atoms with Crippen LogP contribution in [0.3, 0.4) is 0 Å². The summed E-state index contributed by atoms with van der Waals surface area (Å²) in [5, 5.41) is 4.42. The van der Waals surface area contributed by atoms with Crippen molar-refractivity contribution in [1.29, 1.82) is 0 Å². The summed E-state index contributed by atoms with van der Waals surface area (Å²) < 4.78 is 43.7. The average Bonchev–Trinajstić information content (AvgIpc) is 2.90. The van der Waals surface area contributed by atoms with Gasteiger partial charge in [-0.05, 0) is 55.7 Å². The number of rotatable bonds is 13. The van der Waals surface area contributed by atoms with Crippen LogP contribution in [-0.2, 0) is 9.53 Å². The smallest absolute Gasteiger partial charge is 0.469 e. The average molecular weight is 534 g/mol. The van der Waals surface area contributed by atoms with Gasteiger partial charge in [0.2, 0.25) is 0 Å². The van der Waals surface area contributed by atoms with Gasteiger partial charge < -0.3 is 22.0 Å². The quantitative estimate of drug-likeness (QED) is 0.0744. The Hall–Kier alpha value is -2.66. The van der Waals surface area contributed by atoms with Crippen LogP contribution in [0.25, 0.3) is 0 Å². The first kappa shape index (κ1) is 30.6. The monoisotopic (exact) mass is 534 g/mol. The van der Waals surface area contributed by atoms with Crippen molar-refractivity contribution in [3.05, 3.63) is 91.0 Å². The van der Waals surface area contributed by atoms with Crippen molar-refractivity contribution in [2.45, 2.75) is 51.4 Å². The predicted molar refractivity (Wildman–Crippen MR) is 149 cm³/mol. The van der Waals surface area contributed by atoms with E-state index in [1.54, 1.807) is 0 Å². The van der Waals surface area contributed by atoms with E-state index in [0.717, 1.165) is 12.8 Å². The molecule has 3 rings (SSSR count). The van der Waals surface area contributed by atoms with Gasteiger partial charge in [0.25, 0.3) is 0 Å². The Kier molecular flexibility index (Phi) is 13.4. The molecule has 0 spiro atoms. The van der Waals surface area contributed by atoms with Crippen molar-refractivity contribution in [1.82, 2.24) is 0 Å². The molecule has 0 fully saturated rings. The molecule has 2 nitrogen and oxygen atoms in total. The van der Waals surface area contributed by atoms with E-state index in [-0.39, 0.29) is 5.97 Å². The second-order valence-electron chi connectivity index (χ2n) is 8.84. The van der Waals surface area contributed by atoms with Crippen LogP contribution in [0.15, 0.2) is 91.0 Å². The summed E-state index contributed by atoms with van der Waals surface area (Å²) >= 11 is 0. The molecule has 0 bridgehead atoms. The molecule has 0 aliphatic rings. The Morgan fingerprint density at radius 3 is 1.30 bits per heavy atom.